The Kier molecular flexibility index (Phi) is 15.0. The summed E-state index contributed by atoms with van der Waals surface area (Å²) in [6.45, 7) is 15.3. The third-order valence-electron chi connectivity index (χ3n) is 5.96. The first-order valence-corrected chi connectivity index (χ1v) is 13.3. The Labute approximate surface area is 222 Å². The normalized spacial score (nSPS) is 14.3. The first kappa shape index (κ1) is 31.6. The minimum atomic E-state index is -0.195. The number of carbonyl (C=O) groups is 2. The molecule has 0 spiro atoms. The fourth-order valence-electron chi connectivity index (χ4n) is 3.69. The Hall–Kier alpha value is -2.44. The molecule has 0 N–H and O–H groups in total. The molecular formula is C29H43ClFN3O2. The average molecular weight is 520 g/mol. The molecule has 0 unspecified atom stereocenters. The lowest BCUT2D eigenvalue weighted by Crippen LogP contribution is -2.46. The number of hydrogen-bond acceptors (Lipinski definition) is 4. The lowest BCUT2D eigenvalue weighted by Gasteiger charge is -2.38. The van der Waals surface area contributed by atoms with Crippen molar-refractivity contribution in [3.05, 3.63) is 70.8 Å². The molecule has 0 bridgehead atoms. The second kappa shape index (κ2) is 17.1. The Morgan fingerprint density at radius 1 is 1.19 bits per heavy atom. The third-order valence-corrected chi connectivity index (χ3v) is 6.19. The quantitative estimate of drug-likeness (QED) is 0.256. The highest BCUT2D eigenvalue weighted by Crippen LogP contribution is 2.20. The number of amides is 1. The van der Waals surface area contributed by atoms with Gasteiger partial charge in [-0.3, -0.25) is 9.59 Å². The predicted octanol–water partition coefficient (Wildman–Crippen LogP) is 6.25. The zero-order chi connectivity index (χ0) is 27.1. The maximum atomic E-state index is 13.0. The van der Waals surface area contributed by atoms with Crippen LogP contribution in [0.5, 0.6) is 0 Å². The van der Waals surface area contributed by atoms with Crippen molar-refractivity contribution in [2.24, 2.45) is 0 Å². The Balaban J connectivity index is 0.000000488. The number of halogens is 2. The van der Waals surface area contributed by atoms with Crippen LogP contribution in [0.2, 0.25) is 5.02 Å². The van der Waals surface area contributed by atoms with Gasteiger partial charge in [-0.15, -0.1) is 0 Å². The third kappa shape index (κ3) is 11.1. The molecule has 0 aromatic heterocycles. The summed E-state index contributed by atoms with van der Waals surface area (Å²) in [6, 6.07) is 4.81. The van der Waals surface area contributed by atoms with E-state index in [1.807, 2.05) is 31.0 Å². The molecule has 1 aliphatic heterocycles. The molecule has 0 aliphatic carbocycles. The smallest absolute Gasteiger partial charge is 0.246 e. The van der Waals surface area contributed by atoms with E-state index in [1.165, 1.54) is 6.07 Å². The van der Waals surface area contributed by atoms with Gasteiger partial charge in [-0.25, -0.2) is 4.39 Å². The molecule has 5 nitrogen and oxygen atoms in total. The molecule has 2 rings (SSSR count). The van der Waals surface area contributed by atoms with Gasteiger partial charge in [-0.05, 0) is 50.6 Å². The number of allylic oxidation sites excluding steroid dienone is 2. The van der Waals surface area contributed by atoms with E-state index in [0.717, 1.165) is 56.5 Å². The van der Waals surface area contributed by atoms with Crippen molar-refractivity contribution in [2.75, 3.05) is 39.8 Å². The zero-order valence-corrected chi connectivity index (χ0v) is 23.4. The summed E-state index contributed by atoms with van der Waals surface area (Å²) in [5, 5.41) is 0.461. The van der Waals surface area contributed by atoms with Crippen LogP contribution in [0.3, 0.4) is 0 Å². The number of Topliss-reactive ketones (excluding diaryl/α,β-unsaturated/α-hetero) is 1. The van der Waals surface area contributed by atoms with Crippen LogP contribution in [0, 0.1) is 5.82 Å². The van der Waals surface area contributed by atoms with Crippen molar-refractivity contribution >= 4 is 23.3 Å². The molecule has 1 aromatic carbocycles. The number of unbranched alkanes of at least 4 members (excludes halogenated alkanes) is 2. The molecule has 1 saturated heterocycles. The average Bonchev–Trinajstić information content (AvgIpc) is 2.84. The summed E-state index contributed by atoms with van der Waals surface area (Å²) < 4.78 is 13.0. The maximum Gasteiger partial charge on any atom is 0.246 e. The minimum absolute atomic E-state index is 0.00430. The van der Waals surface area contributed by atoms with E-state index < -0.39 is 0 Å². The van der Waals surface area contributed by atoms with Crippen molar-refractivity contribution in [1.29, 1.82) is 0 Å². The highest BCUT2D eigenvalue weighted by molar-refractivity contribution is 6.30. The molecule has 1 aliphatic rings. The van der Waals surface area contributed by atoms with Gasteiger partial charge in [0.25, 0.3) is 0 Å². The van der Waals surface area contributed by atoms with Crippen LogP contribution in [0.15, 0.2) is 54.4 Å². The van der Waals surface area contributed by atoms with Crippen LogP contribution in [0.4, 0.5) is 4.39 Å². The number of nitrogens with zero attached hydrogens (tertiary/aromatic N) is 3. The van der Waals surface area contributed by atoms with Gasteiger partial charge < -0.3 is 14.7 Å². The number of likely N-dealkylation sites (N-methyl/N-ethyl adjacent to an activating group) is 1. The molecule has 1 amide bonds. The van der Waals surface area contributed by atoms with Gasteiger partial charge in [0.15, 0.2) is 5.78 Å². The van der Waals surface area contributed by atoms with Crippen molar-refractivity contribution in [3.63, 3.8) is 0 Å². The number of piperazine rings is 1. The molecule has 0 atom stereocenters. The SMILES string of the molecule is C=C1CN(C(=O)/C=C/CN(C)CC)CCN1/C(=C\CCCC)C(C)=O.CCCc1ccc(Cl)cc1F. The highest BCUT2D eigenvalue weighted by atomic mass is 35.5. The van der Waals surface area contributed by atoms with E-state index in [2.05, 4.69) is 25.3 Å². The first-order valence-electron chi connectivity index (χ1n) is 12.9. The van der Waals surface area contributed by atoms with Gasteiger partial charge in [0, 0.05) is 43.4 Å². The standard InChI is InChI=1S/C20H33N3O2.C9H10ClF/c1-6-8-9-11-19(18(4)24)23-15-14-22(16-17(23)3)20(25)12-10-13-21(5)7-2;1-2-3-7-4-5-8(10)6-9(7)11/h10-12H,3,6-9,13-16H2,1-2,4-5H3;4-6H,2-3H2,1H3/b12-10+,19-11-;. The highest BCUT2D eigenvalue weighted by Gasteiger charge is 2.25. The maximum absolute atomic E-state index is 13.0. The zero-order valence-electron chi connectivity index (χ0n) is 22.7. The van der Waals surface area contributed by atoms with Gasteiger partial charge in [-0.2, -0.15) is 0 Å². The van der Waals surface area contributed by atoms with Crippen LogP contribution in [0.1, 0.15) is 58.9 Å². The molecule has 1 heterocycles. The fraction of sp³-hybridized carbons (Fsp3) is 0.517. The van der Waals surface area contributed by atoms with Crippen LogP contribution in [0.25, 0.3) is 0 Å². The molecule has 200 valence electrons. The van der Waals surface area contributed by atoms with Crippen molar-refractivity contribution in [2.45, 2.75) is 59.8 Å². The monoisotopic (exact) mass is 519 g/mol. The predicted molar refractivity (Wildman–Crippen MR) is 148 cm³/mol. The van der Waals surface area contributed by atoms with Crippen LogP contribution >= 0.6 is 11.6 Å². The molecule has 7 heteroatoms. The van der Waals surface area contributed by atoms with Crippen molar-refractivity contribution in [1.82, 2.24) is 14.7 Å². The minimum Gasteiger partial charge on any atom is -0.340 e. The molecule has 36 heavy (non-hydrogen) atoms. The van der Waals surface area contributed by atoms with E-state index >= 15 is 0 Å². The lowest BCUT2D eigenvalue weighted by molar-refractivity contribution is -0.126. The van der Waals surface area contributed by atoms with Gasteiger partial charge in [0.2, 0.25) is 5.91 Å². The Bertz CT molecular complexity index is 929. The topological polar surface area (TPSA) is 43.9 Å². The second-order valence-electron chi connectivity index (χ2n) is 9.01. The van der Waals surface area contributed by atoms with Crippen molar-refractivity contribution in [3.8, 4) is 0 Å². The molecule has 0 radical (unpaired) electrons. The first-order chi connectivity index (χ1) is 17.1. The largest absolute Gasteiger partial charge is 0.340 e. The lowest BCUT2D eigenvalue weighted by atomic mass is 10.1. The summed E-state index contributed by atoms with van der Waals surface area (Å²) in [7, 11) is 2.02. The summed E-state index contributed by atoms with van der Waals surface area (Å²) in [5.74, 6) is -0.136. The van der Waals surface area contributed by atoms with E-state index in [4.69, 9.17) is 11.6 Å². The summed E-state index contributed by atoms with van der Waals surface area (Å²) >= 11 is 5.58. The van der Waals surface area contributed by atoms with E-state index in [1.54, 1.807) is 30.0 Å². The number of benzene rings is 1. The van der Waals surface area contributed by atoms with E-state index in [9.17, 15) is 14.0 Å². The number of hydrogen-bond donors (Lipinski definition) is 0. The molecule has 0 saturated carbocycles. The van der Waals surface area contributed by atoms with Crippen LogP contribution < -0.4 is 0 Å². The number of aryl methyl sites for hydroxylation is 1. The Morgan fingerprint density at radius 2 is 1.92 bits per heavy atom. The van der Waals surface area contributed by atoms with Gasteiger partial charge in [0.1, 0.15) is 5.82 Å². The summed E-state index contributed by atoms with van der Waals surface area (Å²) in [4.78, 5) is 30.2. The summed E-state index contributed by atoms with van der Waals surface area (Å²) in [5.41, 5.74) is 2.26. The Morgan fingerprint density at radius 3 is 2.47 bits per heavy atom. The van der Waals surface area contributed by atoms with Gasteiger partial charge >= 0.3 is 0 Å². The number of rotatable bonds is 11. The van der Waals surface area contributed by atoms with Gasteiger partial charge in [-0.1, -0.05) is 70.0 Å². The van der Waals surface area contributed by atoms with E-state index in [-0.39, 0.29) is 17.5 Å². The van der Waals surface area contributed by atoms with Crippen LogP contribution in [-0.4, -0.2) is 66.2 Å². The van der Waals surface area contributed by atoms with E-state index in [0.29, 0.717) is 30.4 Å². The van der Waals surface area contributed by atoms with Crippen LogP contribution in [-0.2, 0) is 16.0 Å². The molecule has 1 fully saturated rings. The molecular weight excluding hydrogens is 477 g/mol. The van der Waals surface area contributed by atoms with Crippen molar-refractivity contribution < 1.29 is 14.0 Å². The summed E-state index contributed by atoms with van der Waals surface area (Å²) in [6.07, 6.45) is 10.3. The number of ketones is 1. The molecule has 1 aromatic rings. The second-order valence-corrected chi connectivity index (χ2v) is 9.44. The fourth-order valence-corrected chi connectivity index (χ4v) is 3.85. The number of carbonyl (C=O) groups excluding carboxylic acids is 2. The van der Waals surface area contributed by atoms with Gasteiger partial charge in [0.05, 0.1) is 12.2 Å².